The van der Waals surface area contributed by atoms with Gasteiger partial charge in [-0.15, -0.1) is 6.58 Å². The van der Waals surface area contributed by atoms with Gasteiger partial charge in [0.05, 0.1) is 0 Å². The Morgan fingerprint density at radius 3 is 1.79 bits per heavy atom. The smallest absolute Gasteiger partial charge is 0.234 e. The topological polar surface area (TPSA) is 0 Å². The van der Waals surface area contributed by atoms with Crippen LogP contribution in [0.15, 0.2) is 12.7 Å². The summed E-state index contributed by atoms with van der Waals surface area (Å²) in [6.45, 7) is 2.78. The van der Waals surface area contributed by atoms with Gasteiger partial charge in [-0.1, -0.05) is 6.08 Å². The average molecular weight is 224 g/mol. The minimum absolute atomic E-state index is 0.480. The Bertz CT molecular complexity index is 198. The monoisotopic (exact) mass is 224 g/mol. The Hall–Kier alpha value is -0.750. The average Bonchev–Trinajstić information content (AvgIpc) is 2.02. The second-order valence-corrected chi connectivity index (χ2v) is 2.59. The molecule has 0 aliphatic carbocycles. The van der Waals surface area contributed by atoms with Gasteiger partial charge < -0.3 is 0 Å². The molecule has 14 heavy (non-hydrogen) atoms. The zero-order valence-corrected chi connectivity index (χ0v) is 6.79. The molecule has 0 aromatic carbocycles. The van der Waals surface area contributed by atoms with Crippen molar-refractivity contribution in [2.45, 2.75) is 30.9 Å². The molecule has 0 bridgehead atoms. The minimum Gasteiger partial charge on any atom is -0.234 e. The predicted molar refractivity (Wildman–Crippen MR) is 35.6 cm³/mol. The van der Waals surface area contributed by atoms with E-state index >= 15 is 0 Å². The van der Waals surface area contributed by atoms with E-state index in [0.717, 1.165) is 0 Å². The maximum absolute atomic E-state index is 12.4. The largest absolute Gasteiger partial charge is 0.343 e. The highest BCUT2D eigenvalue weighted by Crippen LogP contribution is 2.39. The van der Waals surface area contributed by atoms with Crippen LogP contribution >= 0.6 is 0 Å². The fourth-order valence-corrected chi connectivity index (χ4v) is 0.688. The van der Waals surface area contributed by atoms with Gasteiger partial charge in [0.25, 0.3) is 5.92 Å². The van der Waals surface area contributed by atoms with Crippen LogP contribution in [0, 0.1) is 0 Å². The van der Waals surface area contributed by atoms with Crippen LogP contribution in [0.1, 0.15) is 6.42 Å². The molecule has 0 aromatic rings. The van der Waals surface area contributed by atoms with E-state index < -0.39 is 30.9 Å². The molecule has 1 atom stereocenters. The standard InChI is InChI=1S/C7H7F7/c1-2-3-6(11,12)4(8)7(13,14)5(9)10/h2,4-5H,1,3H2. The predicted octanol–water partition coefficient (Wildman–Crippen LogP) is 3.44. The molecule has 7 heteroatoms. The third-order valence-corrected chi connectivity index (χ3v) is 1.42. The summed E-state index contributed by atoms with van der Waals surface area (Å²) < 4.78 is 84.4. The third-order valence-electron chi connectivity index (χ3n) is 1.42. The molecule has 0 amide bonds. The van der Waals surface area contributed by atoms with Crippen molar-refractivity contribution in [1.29, 1.82) is 0 Å². The van der Waals surface area contributed by atoms with Crippen molar-refractivity contribution in [3.8, 4) is 0 Å². The van der Waals surface area contributed by atoms with Crippen molar-refractivity contribution in [3.05, 3.63) is 12.7 Å². The molecular weight excluding hydrogens is 217 g/mol. The molecule has 0 nitrogen and oxygen atoms in total. The number of rotatable bonds is 5. The Kier molecular flexibility index (Phi) is 3.96. The summed E-state index contributed by atoms with van der Waals surface area (Å²) in [7, 11) is 0. The van der Waals surface area contributed by atoms with E-state index in [1.807, 2.05) is 0 Å². The van der Waals surface area contributed by atoms with Gasteiger partial charge in [-0.2, -0.15) is 8.78 Å². The Balaban J connectivity index is 4.74. The van der Waals surface area contributed by atoms with Crippen molar-refractivity contribution in [2.75, 3.05) is 0 Å². The van der Waals surface area contributed by atoms with Gasteiger partial charge in [-0.3, -0.25) is 0 Å². The van der Waals surface area contributed by atoms with E-state index in [2.05, 4.69) is 6.58 Å². The van der Waals surface area contributed by atoms with Gasteiger partial charge in [0, 0.05) is 6.42 Å². The van der Waals surface area contributed by atoms with Gasteiger partial charge in [0.2, 0.25) is 6.17 Å². The summed E-state index contributed by atoms with van der Waals surface area (Å²) >= 11 is 0. The fourth-order valence-electron chi connectivity index (χ4n) is 0.688. The molecule has 0 saturated heterocycles. The SMILES string of the molecule is C=CCC(F)(F)C(F)C(F)(F)C(F)F. The van der Waals surface area contributed by atoms with Crippen LogP contribution in [0.3, 0.4) is 0 Å². The third kappa shape index (κ3) is 2.62. The van der Waals surface area contributed by atoms with Gasteiger partial charge in [0.1, 0.15) is 0 Å². The number of hydrogen-bond acceptors (Lipinski definition) is 0. The number of halogens is 7. The second kappa shape index (κ2) is 4.18. The minimum atomic E-state index is -5.35. The van der Waals surface area contributed by atoms with Crippen molar-refractivity contribution < 1.29 is 30.7 Å². The van der Waals surface area contributed by atoms with Crippen LogP contribution in [0.25, 0.3) is 0 Å². The van der Waals surface area contributed by atoms with Crippen molar-refractivity contribution in [1.82, 2.24) is 0 Å². The number of allylic oxidation sites excluding steroid dienone is 1. The first kappa shape index (κ1) is 13.2. The summed E-state index contributed by atoms with van der Waals surface area (Å²) in [5.74, 6) is -9.89. The molecule has 0 N–H and O–H groups in total. The molecule has 84 valence electrons. The molecule has 0 radical (unpaired) electrons. The normalized spacial score (nSPS) is 15.7. The van der Waals surface area contributed by atoms with Crippen molar-refractivity contribution in [2.24, 2.45) is 0 Å². The first-order valence-corrected chi connectivity index (χ1v) is 3.45. The van der Waals surface area contributed by atoms with E-state index in [9.17, 15) is 30.7 Å². The molecule has 0 rings (SSSR count). The van der Waals surface area contributed by atoms with Gasteiger partial charge >= 0.3 is 12.3 Å². The van der Waals surface area contributed by atoms with E-state index in [4.69, 9.17) is 0 Å². The van der Waals surface area contributed by atoms with E-state index in [1.54, 1.807) is 0 Å². The first-order chi connectivity index (χ1) is 6.16. The molecule has 0 heterocycles. The lowest BCUT2D eigenvalue weighted by Crippen LogP contribution is -2.48. The molecule has 0 aliphatic heterocycles. The maximum Gasteiger partial charge on any atom is 0.343 e. The molecule has 0 fully saturated rings. The lowest BCUT2D eigenvalue weighted by Gasteiger charge is -2.26. The van der Waals surface area contributed by atoms with Crippen LogP contribution in [0.5, 0.6) is 0 Å². The lowest BCUT2D eigenvalue weighted by atomic mass is 10.1. The number of hydrogen-bond donors (Lipinski definition) is 0. The molecule has 0 saturated carbocycles. The fraction of sp³-hybridized carbons (Fsp3) is 0.714. The Morgan fingerprint density at radius 1 is 1.07 bits per heavy atom. The second-order valence-electron chi connectivity index (χ2n) is 2.59. The van der Waals surface area contributed by atoms with Gasteiger partial charge in [-0.25, -0.2) is 22.0 Å². The molecule has 0 spiro atoms. The lowest BCUT2D eigenvalue weighted by molar-refractivity contribution is -0.229. The van der Waals surface area contributed by atoms with Crippen LogP contribution < -0.4 is 0 Å². The quantitative estimate of drug-likeness (QED) is 0.495. The van der Waals surface area contributed by atoms with Crippen LogP contribution in [0.2, 0.25) is 0 Å². The van der Waals surface area contributed by atoms with Crippen molar-refractivity contribution >= 4 is 0 Å². The van der Waals surface area contributed by atoms with Crippen LogP contribution in [0.4, 0.5) is 30.7 Å². The molecule has 0 aliphatic rings. The van der Waals surface area contributed by atoms with E-state index in [-0.39, 0.29) is 0 Å². The highest BCUT2D eigenvalue weighted by Gasteiger charge is 2.60. The van der Waals surface area contributed by atoms with Crippen LogP contribution in [-0.2, 0) is 0 Å². The Morgan fingerprint density at radius 2 is 1.50 bits per heavy atom. The highest BCUT2D eigenvalue weighted by molar-refractivity contribution is 4.93. The zero-order valence-electron chi connectivity index (χ0n) is 6.79. The summed E-state index contributed by atoms with van der Waals surface area (Å²) in [6.07, 6.45) is -9.62. The summed E-state index contributed by atoms with van der Waals surface area (Å²) in [6, 6.07) is 0. The van der Waals surface area contributed by atoms with E-state index in [0.29, 0.717) is 6.08 Å². The maximum atomic E-state index is 12.4. The molecule has 0 aromatic heterocycles. The first-order valence-electron chi connectivity index (χ1n) is 3.45. The molecular formula is C7H7F7. The summed E-state index contributed by atoms with van der Waals surface area (Å²) in [5.41, 5.74) is 0. The Labute approximate surface area is 75.4 Å². The highest BCUT2D eigenvalue weighted by atomic mass is 19.3. The van der Waals surface area contributed by atoms with Crippen LogP contribution in [-0.4, -0.2) is 24.4 Å². The van der Waals surface area contributed by atoms with Crippen molar-refractivity contribution in [3.63, 3.8) is 0 Å². The zero-order chi connectivity index (χ0) is 11.6. The summed E-state index contributed by atoms with van der Waals surface area (Å²) in [4.78, 5) is 0. The van der Waals surface area contributed by atoms with Gasteiger partial charge in [-0.05, 0) is 0 Å². The summed E-state index contributed by atoms with van der Waals surface area (Å²) in [5, 5.41) is 0. The number of alkyl halides is 7. The molecule has 1 unspecified atom stereocenters. The van der Waals surface area contributed by atoms with Gasteiger partial charge in [0.15, 0.2) is 0 Å². The van der Waals surface area contributed by atoms with E-state index in [1.165, 1.54) is 0 Å².